The van der Waals surface area contributed by atoms with Gasteiger partial charge in [0.05, 0.1) is 6.04 Å². The van der Waals surface area contributed by atoms with Crippen molar-refractivity contribution in [3.05, 3.63) is 41.4 Å². The van der Waals surface area contributed by atoms with Gasteiger partial charge in [0, 0.05) is 17.1 Å². The Labute approximate surface area is 92.4 Å². The molecule has 15 heavy (non-hydrogen) atoms. The van der Waals surface area contributed by atoms with Gasteiger partial charge < -0.3 is 10.4 Å². The van der Waals surface area contributed by atoms with Gasteiger partial charge in [0.2, 0.25) is 0 Å². The molecule has 78 valence electrons. The Kier molecular flexibility index (Phi) is 2.87. The second-order valence-corrected chi connectivity index (χ2v) is 4.16. The third-order valence-corrected chi connectivity index (χ3v) is 2.88. The molecule has 0 radical (unpaired) electrons. The molecule has 0 spiro atoms. The quantitative estimate of drug-likeness (QED) is 0.835. The maximum atomic E-state index is 9.65. The molecule has 3 nitrogen and oxygen atoms in total. The first-order chi connectivity index (χ1) is 7.27. The molecule has 1 heterocycles. The number of nitrogens with zero attached hydrogens (tertiary/aromatic N) is 1. The monoisotopic (exact) mass is 220 g/mol. The van der Waals surface area contributed by atoms with Crippen molar-refractivity contribution in [2.24, 2.45) is 0 Å². The first-order valence-corrected chi connectivity index (χ1v) is 5.59. The van der Waals surface area contributed by atoms with Crippen LogP contribution in [0.5, 0.6) is 5.75 Å². The molecule has 0 amide bonds. The topological polar surface area (TPSA) is 45.2 Å². The SMILES string of the molecule is CC(Nc1nccs1)c1ccccc1O. The van der Waals surface area contributed by atoms with E-state index in [2.05, 4.69) is 10.3 Å². The molecule has 1 atom stereocenters. The minimum absolute atomic E-state index is 0.0531. The highest BCUT2D eigenvalue weighted by Gasteiger charge is 2.09. The molecule has 1 aromatic heterocycles. The van der Waals surface area contributed by atoms with Crippen LogP contribution < -0.4 is 5.32 Å². The van der Waals surface area contributed by atoms with Gasteiger partial charge in [-0.15, -0.1) is 11.3 Å². The Morgan fingerprint density at radius 3 is 2.87 bits per heavy atom. The molecule has 0 aliphatic rings. The summed E-state index contributed by atoms with van der Waals surface area (Å²) in [5.41, 5.74) is 0.882. The number of rotatable bonds is 3. The normalized spacial score (nSPS) is 12.3. The molecule has 2 N–H and O–H groups in total. The summed E-state index contributed by atoms with van der Waals surface area (Å²) in [6.07, 6.45) is 1.75. The van der Waals surface area contributed by atoms with Crippen LogP contribution in [0.15, 0.2) is 35.8 Å². The lowest BCUT2D eigenvalue weighted by Crippen LogP contribution is -2.06. The zero-order chi connectivity index (χ0) is 10.7. The number of phenols is 1. The Bertz CT molecular complexity index is 428. The molecule has 2 rings (SSSR count). The summed E-state index contributed by atoms with van der Waals surface area (Å²) in [5.74, 6) is 0.314. The summed E-state index contributed by atoms with van der Waals surface area (Å²) in [6, 6.07) is 7.37. The number of phenolic OH excluding ortho intramolecular Hbond substituents is 1. The molecule has 0 aliphatic carbocycles. The summed E-state index contributed by atoms with van der Waals surface area (Å²) in [7, 11) is 0. The Hall–Kier alpha value is -1.55. The molecule has 0 saturated heterocycles. The number of para-hydroxylation sites is 1. The van der Waals surface area contributed by atoms with Crippen molar-refractivity contribution in [2.45, 2.75) is 13.0 Å². The van der Waals surface area contributed by atoms with Crippen LogP contribution in [-0.2, 0) is 0 Å². The van der Waals surface area contributed by atoms with E-state index in [9.17, 15) is 5.11 Å². The zero-order valence-corrected chi connectivity index (χ0v) is 9.16. The van der Waals surface area contributed by atoms with Crippen molar-refractivity contribution < 1.29 is 5.11 Å². The molecule has 1 unspecified atom stereocenters. The predicted molar refractivity (Wildman–Crippen MR) is 62.3 cm³/mol. The van der Waals surface area contributed by atoms with Gasteiger partial charge in [-0.2, -0.15) is 0 Å². The third-order valence-electron chi connectivity index (χ3n) is 2.18. The number of aromatic nitrogens is 1. The molecular formula is C11H12N2OS. The van der Waals surface area contributed by atoms with Crippen LogP contribution in [0.3, 0.4) is 0 Å². The van der Waals surface area contributed by atoms with E-state index in [-0.39, 0.29) is 6.04 Å². The van der Waals surface area contributed by atoms with Crippen molar-refractivity contribution >= 4 is 16.5 Å². The molecule has 4 heteroatoms. The number of aromatic hydroxyl groups is 1. The molecule has 0 bridgehead atoms. The average Bonchev–Trinajstić information content (AvgIpc) is 2.71. The highest BCUT2D eigenvalue weighted by atomic mass is 32.1. The number of thiazole rings is 1. The molecule has 0 aliphatic heterocycles. The van der Waals surface area contributed by atoms with Gasteiger partial charge in [-0.25, -0.2) is 4.98 Å². The standard InChI is InChI=1S/C11H12N2OS/c1-8(13-11-12-6-7-15-11)9-4-2-3-5-10(9)14/h2-8,14H,1H3,(H,12,13). The number of benzene rings is 1. The smallest absolute Gasteiger partial charge is 0.183 e. The number of anilines is 1. The van der Waals surface area contributed by atoms with Gasteiger partial charge in [0.1, 0.15) is 5.75 Å². The summed E-state index contributed by atoms with van der Waals surface area (Å²) in [5, 5.41) is 15.7. The lowest BCUT2D eigenvalue weighted by atomic mass is 10.1. The number of hydrogen-bond donors (Lipinski definition) is 2. The summed E-state index contributed by atoms with van der Waals surface area (Å²) in [6.45, 7) is 2.00. The molecule has 2 aromatic rings. The minimum Gasteiger partial charge on any atom is -0.508 e. The van der Waals surface area contributed by atoms with Gasteiger partial charge >= 0.3 is 0 Å². The van der Waals surface area contributed by atoms with Crippen molar-refractivity contribution in [3.8, 4) is 5.75 Å². The van der Waals surface area contributed by atoms with E-state index >= 15 is 0 Å². The Morgan fingerprint density at radius 1 is 1.40 bits per heavy atom. The maximum absolute atomic E-state index is 9.65. The van der Waals surface area contributed by atoms with Crippen LogP contribution in [0.25, 0.3) is 0 Å². The van der Waals surface area contributed by atoms with Gasteiger partial charge in [0.15, 0.2) is 5.13 Å². The van der Waals surface area contributed by atoms with E-state index < -0.39 is 0 Å². The highest BCUT2D eigenvalue weighted by Crippen LogP contribution is 2.26. The second-order valence-electron chi connectivity index (χ2n) is 3.26. The van der Waals surface area contributed by atoms with Crippen LogP contribution >= 0.6 is 11.3 Å². The lowest BCUT2D eigenvalue weighted by molar-refractivity contribution is 0.465. The molecular weight excluding hydrogens is 208 g/mol. The largest absolute Gasteiger partial charge is 0.508 e. The van der Waals surface area contributed by atoms with Crippen molar-refractivity contribution in [1.29, 1.82) is 0 Å². The number of hydrogen-bond acceptors (Lipinski definition) is 4. The van der Waals surface area contributed by atoms with E-state index in [1.165, 1.54) is 0 Å². The fourth-order valence-corrected chi connectivity index (χ4v) is 2.03. The van der Waals surface area contributed by atoms with Crippen molar-refractivity contribution in [1.82, 2.24) is 4.98 Å². The van der Waals surface area contributed by atoms with Gasteiger partial charge in [-0.3, -0.25) is 0 Å². The fraction of sp³-hybridized carbons (Fsp3) is 0.182. The Morgan fingerprint density at radius 2 is 2.20 bits per heavy atom. The van der Waals surface area contributed by atoms with E-state index in [0.717, 1.165) is 10.7 Å². The van der Waals surface area contributed by atoms with Crippen LogP contribution in [0.1, 0.15) is 18.5 Å². The van der Waals surface area contributed by atoms with Crippen molar-refractivity contribution in [2.75, 3.05) is 5.32 Å². The first-order valence-electron chi connectivity index (χ1n) is 4.71. The van der Waals surface area contributed by atoms with E-state index in [1.54, 1.807) is 23.6 Å². The van der Waals surface area contributed by atoms with Crippen molar-refractivity contribution in [3.63, 3.8) is 0 Å². The first kappa shape index (κ1) is 9.98. The lowest BCUT2D eigenvalue weighted by Gasteiger charge is -2.14. The van der Waals surface area contributed by atoms with E-state index in [0.29, 0.717) is 5.75 Å². The van der Waals surface area contributed by atoms with Crippen LogP contribution in [0.4, 0.5) is 5.13 Å². The third kappa shape index (κ3) is 2.27. The minimum atomic E-state index is 0.0531. The van der Waals surface area contributed by atoms with Crippen LogP contribution in [-0.4, -0.2) is 10.1 Å². The summed E-state index contributed by atoms with van der Waals surface area (Å²) >= 11 is 1.55. The van der Waals surface area contributed by atoms with E-state index in [4.69, 9.17) is 0 Å². The van der Waals surface area contributed by atoms with Gasteiger partial charge in [-0.05, 0) is 13.0 Å². The van der Waals surface area contributed by atoms with E-state index in [1.807, 2.05) is 30.5 Å². The van der Waals surface area contributed by atoms with Crippen LogP contribution in [0.2, 0.25) is 0 Å². The zero-order valence-electron chi connectivity index (χ0n) is 8.34. The summed E-state index contributed by atoms with van der Waals surface area (Å²) < 4.78 is 0. The predicted octanol–water partition coefficient (Wildman–Crippen LogP) is 3.02. The highest BCUT2D eigenvalue weighted by molar-refractivity contribution is 7.13. The fourth-order valence-electron chi connectivity index (χ4n) is 1.41. The average molecular weight is 220 g/mol. The van der Waals surface area contributed by atoms with Gasteiger partial charge in [0.25, 0.3) is 0 Å². The number of nitrogens with one attached hydrogen (secondary N) is 1. The summed E-state index contributed by atoms with van der Waals surface area (Å²) in [4.78, 5) is 4.14. The maximum Gasteiger partial charge on any atom is 0.183 e. The molecule has 0 fully saturated rings. The Balaban J connectivity index is 2.15. The second kappa shape index (κ2) is 4.31. The molecule has 0 saturated carbocycles. The molecule has 1 aromatic carbocycles. The van der Waals surface area contributed by atoms with Gasteiger partial charge in [-0.1, -0.05) is 18.2 Å². The van der Waals surface area contributed by atoms with Crippen LogP contribution in [0, 0.1) is 0 Å².